The van der Waals surface area contributed by atoms with Gasteiger partial charge in [0.2, 0.25) is 5.91 Å². The molecule has 24 heavy (non-hydrogen) atoms. The first kappa shape index (κ1) is 18.3. The van der Waals surface area contributed by atoms with Gasteiger partial charge in [0.1, 0.15) is 5.82 Å². The van der Waals surface area contributed by atoms with Crippen LogP contribution >= 0.6 is 11.8 Å². The van der Waals surface area contributed by atoms with E-state index in [-0.39, 0.29) is 12.0 Å². The van der Waals surface area contributed by atoms with E-state index >= 15 is 0 Å². The summed E-state index contributed by atoms with van der Waals surface area (Å²) in [5.41, 5.74) is -0.201. The average Bonchev–Trinajstić information content (AvgIpc) is 2.54. The summed E-state index contributed by atoms with van der Waals surface area (Å²) in [6.45, 7) is 0. The van der Waals surface area contributed by atoms with Crippen molar-refractivity contribution in [1.82, 2.24) is 5.32 Å². The zero-order valence-corrected chi connectivity index (χ0v) is 13.3. The molecule has 1 atom stereocenters. The summed E-state index contributed by atoms with van der Waals surface area (Å²) in [7, 11) is 0. The predicted octanol–water partition coefficient (Wildman–Crippen LogP) is 4.73. The molecule has 0 heterocycles. The Morgan fingerprint density at radius 3 is 2.25 bits per heavy atom. The highest BCUT2D eigenvalue weighted by Gasteiger charge is 2.41. The number of carbonyl (C=O) groups is 1. The number of hydrogen-bond donors (Lipinski definition) is 1. The molecule has 0 radical (unpaired) electrons. The smallest absolute Gasteiger partial charge is 0.341 e. The lowest BCUT2D eigenvalue weighted by atomic mass is 10.1. The van der Waals surface area contributed by atoms with Crippen LogP contribution in [0.3, 0.4) is 0 Å². The number of hydrogen-bond acceptors (Lipinski definition) is 2. The van der Waals surface area contributed by atoms with Gasteiger partial charge in [0.15, 0.2) is 6.04 Å². The topological polar surface area (TPSA) is 29.1 Å². The summed E-state index contributed by atoms with van der Waals surface area (Å²) in [4.78, 5) is 12.8. The number of carbonyl (C=O) groups excluding carboxylic acids is 1. The maximum atomic E-state index is 13.1. The summed E-state index contributed by atoms with van der Waals surface area (Å²) in [6, 6.07) is 11.0. The van der Waals surface area contributed by atoms with Gasteiger partial charge in [0, 0.05) is 17.1 Å². The van der Waals surface area contributed by atoms with Gasteiger partial charge in [-0.25, -0.2) is 4.39 Å². The lowest BCUT2D eigenvalue weighted by Crippen LogP contribution is -2.38. The molecule has 0 aliphatic rings. The molecular weight excluding hydrogens is 342 g/mol. The molecule has 2 nitrogen and oxygen atoms in total. The summed E-state index contributed by atoms with van der Waals surface area (Å²) in [6.07, 6.45) is -4.70. The third kappa shape index (κ3) is 5.56. The number of rotatable bonds is 6. The van der Waals surface area contributed by atoms with Gasteiger partial charge < -0.3 is 5.32 Å². The highest BCUT2D eigenvalue weighted by atomic mass is 32.2. The minimum Gasteiger partial charge on any atom is -0.341 e. The van der Waals surface area contributed by atoms with E-state index in [1.54, 1.807) is 0 Å². The molecule has 0 aromatic heterocycles. The van der Waals surface area contributed by atoms with Gasteiger partial charge in [0.05, 0.1) is 0 Å². The number of amides is 1. The van der Waals surface area contributed by atoms with Gasteiger partial charge in [-0.15, -0.1) is 11.8 Å². The molecule has 2 rings (SSSR count). The van der Waals surface area contributed by atoms with Crippen LogP contribution in [0.25, 0.3) is 0 Å². The van der Waals surface area contributed by atoms with Gasteiger partial charge in [-0.3, -0.25) is 4.79 Å². The van der Waals surface area contributed by atoms with Crippen molar-refractivity contribution in [3.8, 4) is 0 Å². The second-order valence-electron chi connectivity index (χ2n) is 5.01. The molecular formula is C17H15F4NOS. The molecule has 1 unspecified atom stereocenters. The maximum absolute atomic E-state index is 13.1. The highest BCUT2D eigenvalue weighted by Crippen LogP contribution is 2.32. The van der Waals surface area contributed by atoms with Gasteiger partial charge in [-0.1, -0.05) is 30.3 Å². The Kier molecular flexibility index (Phi) is 6.25. The van der Waals surface area contributed by atoms with E-state index in [1.807, 2.05) is 35.6 Å². The Morgan fingerprint density at radius 2 is 1.67 bits per heavy atom. The van der Waals surface area contributed by atoms with E-state index < -0.39 is 23.9 Å². The third-order valence-electron chi connectivity index (χ3n) is 3.18. The van der Waals surface area contributed by atoms with Crippen LogP contribution < -0.4 is 5.32 Å². The van der Waals surface area contributed by atoms with E-state index in [0.717, 1.165) is 29.2 Å². The number of benzene rings is 2. The molecule has 128 valence electrons. The fraction of sp³-hybridized carbons (Fsp3) is 0.235. The molecule has 0 saturated carbocycles. The minimum absolute atomic E-state index is 0.0483. The van der Waals surface area contributed by atoms with Crippen LogP contribution in [0, 0.1) is 5.82 Å². The average molecular weight is 357 g/mol. The van der Waals surface area contributed by atoms with Crippen molar-refractivity contribution in [2.75, 3.05) is 5.75 Å². The molecule has 2 aromatic carbocycles. The fourth-order valence-electron chi connectivity index (χ4n) is 2.02. The van der Waals surface area contributed by atoms with Crippen molar-refractivity contribution >= 4 is 17.7 Å². The van der Waals surface area contributed by atoms with Crippen LogP contribution in [-0.2, 0) is 4.79 Å². The Labute approximate surface area is 141 Å². The molecule has 0 aliphatic heterocycles. The molecule has 0 aliphatic carbocycles. The van der Waals surface area contributed by atoms with Crippen molar-refractivity contribution in [2.45, 2.75) is 23.5 Å². The van der Waals surface area contributed by atoms with E-state index in [4.69, 9.17) is 0 Å². The molecule has 0 spiro atoms. The summed E-state index contributed by atoms with van der Waals surface area (Å²) in [5, 5.41) is 1.98. The second-order valence-corrected chi connectivity index (χ2v) is 6.17. The Morgan fingerprint density at radius 1 is 1.04 bits per heavy atom. The summed E-state index contributed by atoms with van der Waals surface area (Å²) < 4.78 is 52.3. The molecule has 1 N–H and O–H groups in total. The number of halogens is 4. The van der Waals surface area contributed by atoms with Gasteiger partial charge in [0.25, 0.3) is 0 Å². The number of alkyl halides is 3. The van der Waals surface area contributed by atoms with Gasteiger partial charge in [-0.2, -0.15) is 13.2 Å². The van der Waals surface area contributed by atoms with Gasteiger partial charge >= 0.3 is 6.18 Å². The first-order chi connectivity index (χ1) is 11.4. The van der Waals surface area contributed by atoms with Crippen LogP contribution in [0.5, 0.6) is 0 Å². The first-order valence-corrected chi connectivity index (χ1v) is 8.14. The van der Waals surface area contributed by atoms with E-state index in [0.29, 0.717) is 5.75 Å². The normalized spacial score (nSPS) is 12.7. The van der Waals surface area contributed by atoms with E-state index in [2.05, 4.69) is 0 Å². The standard InChI is InChI=1S/C17H15F4NOS/c18-13-8-6-12(7-9-13)16(17(19,20)21)22-15(23)10-11-24-14-4-2-1-3-5-14/h1-9,16H,10-11H2,(H,22,23). The predicted molar refractivity (Wildman–Crippen MR) is 85.1 cm³/mol. The van der Waals surface area contributed by atoms with Crippen molar-refractivity contribution in [1.29, 1.82) is 0 Å². The molecule has 2 aromatic rings. The molecule has 0 bridgehead atoms. The SMILES string of the molecule is O=C(CCSc1ccccc1)NC(c1ccc(F)cc1)C(F)(F)F. The van der Waals surface area contributed by atoms with E-state index in [9.17, 15) is 22.4 Å². The minimum atomic E-state index is -4.65. The quantitative estimate of drug-likeness (QED) is 0.598. The van der Waals surface area contributed by atoms with Crippen LogP contribution in [0.15, 0.2) is 59.5 Å². The highest BCUT2D eigenvalue weighted by molar-refractivity contribution is 7.99. The van der Waals surface area contributed by atoms with Crippen LogP contribution in [0.2, 0.25) is 0 Å². The molecule has 0 saturated heterocycles. The Balaban J connectivity index is 1.94. The Hall–Kier alpha value is -2.02. The second kappa shape index (κ2) is 8.19. The van der Waals surface area contributed by atoms with Crippen molar-refractivity contribution in [2.24, 2.45) is 0 Å². The Bertz CT molecular complexity index is 659. The molecule has 7 heteroatoms. The van der Waals surface area contributed by atoms with E-state index in [1.165, 1.54) is 11.8 Å². The molecule has 0 fully saturated rings. The van der Waals surface area contributed by atoms with Crippen LogP contribution in [-0.4, -0.2) is 17.8 Å². The fourth-order valence-corrected chi connectivity index (χ4v) is 2.89. The van der Waals surface area contributed by atoms with Crippen LogP contribution in [0.4, 0.5) is 17.6 Å². The zero-order valence-electron chi connectivity index (χ0n) is 12.5. The third-order valence-corrected chi connectivity index (χ3v) is 4.19. The van der Waals surface area contributed by atoms with Crippen molar-refractivity contribution < 1.29 is 22.4 Å². The van der Waals surface area contributed by atoms with Crippen LogP contribution in [0.1, 0.15) is 18.0 Å². The summed E-state index contributed by atoms with van der Waals surface area (Å²) in [5.74, 6) is -0.973. The molecule has 1 amide bonds. The summed E-state index contributed by atoms with van der Waals surface area (Å²) >= 11 is 1.39. The van der Waals surface area contributed by atoms with Crippen molar-refractivity contribution in [3.63, 3.8) is 0 Å². The van der Waals surface area contributed by atoms with Gasteiger partial charge in [-0.05, 0) is 29.8 Å². The lowest BCUT2D eigenvalue weighted by Gasteiger charge is -2.22. The number of nitrogens with one attached hydrogen (secondary N) is 1. The maximum Gasteiger partial charge on any atom is 0.412 e. The zero-order chi connectivity index (χ0) is 17.6. The number of thioether (sulfide) groups is 1. The van der Waals surface area contributed by atoms with Crippen molar-refractivity contribution in [3.05, 3.63) is 66.0 Å². The monoisotopic (exact) mass is 357 g/mol. The largest absolute Gasteiger partial charge is 0.412 e. The first-order valence-electron chi connectivity index (χ1n) is 7.15. The lowest BCUT2D eigenvalue weighted by molar-refractivity contribution is -0.163.